The smallest absolute Gasteiger partial charge is 0.274 e. The molecule has 2 heterocycles. The monoisotopic (exact) mass is 573 g/mol. The molecule has 1 saturated carbocycles. The quantitative estimate of drug-likeness (QED) is 0.458. The van der Waals surface area contributed by atoms with Crippen LogP contribution in [0.1, 0.15) is 30.6 Å². The lowest BCUT2D eigenvalue weighted by Gasteiger charge is -2.49. The van der Waals surface area contributed by atoms with E-state index < -0.39 is 71.2 Å². The van der Waals surface area contributed by atoms with Crippen molar-refractivity contribution in [1.82, 2.24) is 4.72 Å². The summed E-state index contributed by atoms with van der Waals surface area (Å²) >= 11 is 5.94. The van der Waals surface area contributed by atoms with Crippen LogP contribution in [0.25, 0.3) is 0 Å². The van der Waals surface area contributed by atoms with Crippen LogP contribution in [0.2, 0.25) is 5.02 Å². The molecule has 0 spiro atoms. The Kier molecular flexibility index (Phi) is 6.60. The Hall–Kier alpha value is -2.51. The molecule has 3 atom stereocenters. The molecule has 1 aliphatic heterocycles. The Morgan fingerprint density at radius 1 is 1.03 bits per heavy atom. The van der Waals surface area contributed by atoms with E-state index in [1.807, 2.05) is 0 Å². The van der Waals surface area contributed by atoms with E-state index in [1.54, 1.807) is 0 Å². The van der Waals surface area contributed by atoms with Crippen LogP contribution >= 0.6 is 11.6 Å². The molecule has 8 nitrogen and oxygen atoms in total. The van der Waals surface area contributed by atoms with E-state index in [0.717, 1.165) is 12.1 Å². The molecule has 3 aromatic rings. The van der Waals surface area contributed by atoms with Gasteiger partial charge >= 0.3 is 0 Å². The fourth-order valence-electron chi connectivity index (χ4n) is 5.31. The lowest BCUT2D eigenvalue weighted by molar-refractivity contribution is 0.113. The van der Waals surface area contributed by atoms with Gasteiger partial charge in [0.1, 0.15) is 22.9 Å². The minimum atomic E-state index is -4.34. The van der Waals surface area contributed by atoms with Crippen molar-refractivity contribution in [2.45, 2.75) is 46.6 Å². The van der Waals surface area contributed by atoms with Crippen LogP contribution < -0.4 is 9.46 Å². The fraction of sp³-hybridized carbons (Fsp3) is 0.333. The Bertz CT molecular complexity index is 1560. The van der Waals surface area contributed by atoms with Gasteiger partial charge in [-0.05, 0) is 67.8 Å². The fourth-order valence-corrected chi connectivity index (χ4v) is 9.04. The third-order valence-corrected chi connectivity index (χ3v) is 11.2. The maximum absolute atomic E-state index is 15.3. The van der Waals surface area contributed by atoms with Crippen molar-refractivity contribution in [3.8, 4) is 5.75 Å². The zero-order valence-electron chi connectivity index (χ0n) is 19.2. The van der Waals surface area contributed by atoms with E-state index in [-0.39, 0.29) is 36.5 Å². The number of furan rings is 1. The summed E-state index contributed by atoms with van der Waals surface area (Å²) in [6, 6.07) is 8.92. The molecule has 2 aromatic carbocycles. The second-order valence-electron chi connectivity index (χ2n) is 9.06. The second kappa shape index (κ2) is 9.35. The highest BCUT2D eigenvalue weighted by Gasteiger charge is 2.60. The molecule has 0 unspecified atom stereocenters. The lowest BCUT2D eigenvalue weighted by Crippen LogP contribution is -2.55. The van der Waals surface area contributed by atoms with Gasteiger partial charge in [0, 0.05) is 17.0 Å². The van der Waals surface area contributed by atoms with Gasteiger partial charge in [0.05, 0.1) is 17.1 Å². The molecule has 1 fully saturated rings. The number of sulfonamides is 1. The van der Waals surface area contributed by atoms with Gasteiger partial charge in [0.15, 0.2) is 21.4 Å². The van der Waals surface area contributed by atoms with Gasteiger partial charge in [-0.2, -0.15) is 0 Å². The highest BCUT2D eigenvalue weighted by atomic mass is 35.5. The standard InChI is InChI=1S/C24H22ClF2NO7S2/c25-15-1-4-18(5-2-15)36(30,31)24-10-9-16(28-37(32,33)21-8-3-17(12-29)35-21)11-14(24)13-34-23-20(27)7-6-19(26)22(23)24/h1-8,14,16,28-29H,9-13H2/t14-,16-,24+/m1/s1. The molecule has 0 saturated heterocycles. The summed E-state index contributed by atoms with van der Waals surface area (Å²) < 4.78 is 95.4. The summed E-state index contributed by atoms with van der Waals surface area (Å²) in [6.07, 6.45) is -0.229. The Balaban J connectivity index is 1.57. The van der Waals surface area contributed by atoms with E-state index in [9.17, 15) is 21.2 Å². The minimum Gasteiger partial charge on any atom is -0.490 e. The summed E-state index contributed by atoms with van der Waals surface area (Å²) in [5.74, 6) is -3.12. The largest absolute Gasteiger partial charge is 0.490 e. The van der Waals surface area contributed by atoms with E-state index in [1.165, 1.54) is 36.4 Å². The number of fused-ring (bicyclic) bond motifs is 3. The van der Waals surface area contributed by atoms with E-state index in [2.05, 4.69) is 4.72 Å². The number of rotatable bonds is 6. The number of aliphatic hydroxyl groups excluding tert-OH is 1. The van der Waals surface area contributed by atoms with Crippen molar-refractivity contribution in [2.75, 3.05) is 6.61 Å². The Morgan fingerprint density at radius 3 is 2.41 bits per heavy atom. The number of benzene rings is 2. The molecule has 0 bridgehead atoms. The molecule has 2 N–H and O–H groups in total. The Morgan fingerprint density at radius 2 is 1.73 bits per heavy atom. The van der Waals surface area contributed by atoms with Gasteiger partial charge in [0.25, 0.3) is 10.0 Å². The number of sulfone groups is 1. The highest BCUT2D eigenvalue weighted by molar-refractivity contribution is 7.92. The van der Waals surface area contributed by atoms with Gasteiger partial charge in [-0.25, -0.2) is 30.3 Å². The zero-order valence-corrected chi connectivity index (χ0v) is 21.5. The van der Waals surface area contributed by atoms with Gasteiger partial charge < -0.3 is 14.3 Å². The summed E-state index contributed by atoms with van der Waals surface area (Å²) in [5, 5.41) is 9.06. The normalized spacial score (nSPS) is 23.7. The van der Waals surface area contributed by atoms with Crippen LogP contribution in [0.3, 0.4) is 0 Å². The number of ether oxygens (including phenoxy) is 1. The molecule has 13 heteroatoms. The summed E-state index contributed by atoms with van der Waals surface area (Å²) in [7, 11) is -8.48. The first-order valence-electron chi connectivity index (χ1n) is 11.3. The molecule has 2 aliphatic rings. The molecule has 1 aromatic heterocycles. The van der Waals surface area contributed by atoms with Crippen LogP contribution in [0, 0.1) is 17.6 Å². The third kappa shape index (κ3) is 4.24. The summed E-state index contributed by atoms with van der Waals surface area (Å²) in [6.45, 7) is -0.751. The van der Waals surface area contributed by atoms with Crippen LogP contribution in [0.4, 0.5) is 8.78 Å². The maximum Gasteiger partial charge on any atom is 0.274 e. The number of nitrogens with one attached hydrogen (secondary N) is 1. The minimum absolute atomic E-state index is 0.00547. The molecule has 198 valence electrons. The molecular weight excluding hydrogens is 552 g/mol. The summed E-state index contributed by atoms with van der Waals surface area (Å²) in [5.41, 5.74) is -0.390. The van der Waals surface area contributed by atoms with Crippen molar-refractivity contribution in [1.29, 1.82) is 0 Å². The van der Waals surface area contributed by atoms with Crippen molar-refractivity contribution < 1.29 is 39.9 Å². The summed E-state index contributed by atoms with van der Waals surface area (Å²) in [4.78, 5) is -0.121. The number of hydrogen-bond donors (Lipinski definition) is 2. The van der Waals surface area contributed by atoms with Crippen molar-refractivity contribution in [3.05, 3.63) is 76.5 Å². The van der Waals surface area contributed by atoms with Crippen LogP contribution in [0.15, 0.2) is 62.9 Å². The first-order valence-corrected chi connectivity index (χ1v) is 14.7. The number of hydrogen-bond acceptors (Lipinski definition) is 7. The van der Waals surface area contributed by atoms with Crippen molar-refractivity contribution >= 4 is 31.5 Å². The second-order valence-corrected chi connectivity index (χ2v) is 13.3. The zero-order chi connectivity index (χ0) is 26.6. The lowest BCUT2D eigenvalue weighted by atomic mass is 9.71. The predicted molar refractivity (Wildman–Crippen MR) is 128 cm³/mol. The molecule has 0 radical (unpaired) electrons. The van der Waals surface area contributed by atoms with Gasteiger partial charge in [-0.1, -0.05) is 11.6 Å². The molecule has 37 heavy (non-hydrogen) atoms. The van der Waals surface area contributed by atoms with Crippen LogP contribution in [0.5, 0.6) is 5.75 Å². The predicted octanol–water partition coefficient (Wildman–Crippen LogP) is 3.91. The molecular formula is C24H22ClF2NO7S2. The topological polar surface area (TPSA) is 123 Å². The van der Waals surface area contributed by atoms with Gasteiger partial charge in [-0.3, -0.25) is 0 Å². The maximum atomic E-state index is 15.3. The van der Waals surface area contributed by atoms with Gasteiger partial charge in [-0.15, -0.1) is 0 Å². The average molecular weight is 574 g/mol. The van der Waals surface area contributed by atoms with E-state index in [0.29, 0.717) is 5.02 Å². The first-order chi connectivity index (χ1) is 17.5. The van der Waals surface area contributed by atoms with Crippen molar-refractivity contribution in [3.63, 3.8) is 0 Å². The first kappa shape index (κ1) is 26.1. The van der Waals surface area contributed by atoms with Gasteiger partial charge in [0.2, 0.25) is 5.09 Å². The highest BCUT2D eigenvalue weighted by Crippen LogP contribution is 2.56. The molecule has 5 rings (SSSR count). The Labute approximate surface area is 217 Å². The van der Waals surface area contributed by atoms with E-state index in [4.69, 9.17) is 25.9 Å². The van der Waals surface area contributed by atoms with Crippen LogP contribution in [-0.2, 0) is 31.2 Å². The number of halogens is 3. The van der Waals surface area contributed by atoms with Crippen LogP contribution in [-0.4, -0.2) is 34.6 Å². The average Bonchev–Trinajstić information content (AvgIpc) is 3.36. The molecule has 0 amide bonds. The third-order valence-electron chi connectivity index (χ3n) is 6.99. The van der Waals surface area contributed by atoms with E-state index >= 15 is 4.39 Å². The number of aliphatic hydroxyl groups is 1. The SMILES string of the molecule is O=S(=O)(N[C@@H]1CC[C@@]2(S(=O)(=O)c3ccc(Cl)cc3)c3c(F)ccc(F)c3OC[C@H]2C1)c1ccc(CO)o1. The van der Waals surface area contributed by atoms with Crippen molar-refractivity contribution in [2.24, 2.45) is 5.92 Å². The molecule has 1 aliphatic carbocycles.